The first-order valence-electron chi connectivity index (χ1n) is 8.98. The van der Waals surface area contributed by atoms with Gasteiger partial charge in [-0.3, -0.25) is 9.69 Å². The normalized spacial score (nSPS) is 22.4. The van der Waals surface area contributed by atoms with Crippen molar-refractivity contribution in [1.82, 2.24) is 9.80 Å². The summed E-state index contributed by atoms with van der Waals surface area (Å²) in [6.45, 7) is 3.98. The lowest BCUT2D eigenvalue weighted by molar-refractivity contribution is -0.128. The highest BCUT2D eigenvalue weighted by molar-refractivity contribution is 5.95. The number of hydrogen-bond acceptors (Lipinski definition) is 4. The van der Waals surface area contributed by atoms with E-state index in [0.29, 0.717) is 6.61 Å². The van der Waals surface area contributed by atoms with Gasteiger partial charge in [0.05, 0.1) is 13.2 Å². The van der Waals surface area contributed by atoms with E-state index >= 15 is 0 Å². The van der Waals surface area contributed by atoms with Gasteiger partial charge in [0.1, 0.15) is 6.04 Å². The van der Waals surface area contributed by atoms with Gasteiger partial charge < -0.3 is 15.0 Å². The third kappa shape index (κ3) is 4.56. The van der Waals surface area contributed by atoms with Gasteiger partial charge in [0.15, 0.2) is 0 Å². The molecule has 3 rings (SSSR count). The fourth-order valence-electron chi connectivity index (χ4n) is 3.44. The fourth-order valence-corrected chi connectivity index (χ4v) is 3.44. The van der Waals surface area contributed by atoms with Crippen molar-refractivity contribution in [3.63, 3.8) is 0 Å². The average molecular weight is 331 g/mol. The Balaban J connectivity index is 1.61. The number of benzene rings is 1. The van der Waals surface area contributed by atoms with Crippen LogP contribution in [-0.4, -0.2) is 62.1 Å². The molecule has 1 aliphatic carbocycles. The van der Waals surface area contributed by atoms with E-state index in [1.807, 2.05) is 26.2 Å². The van der Waals surface area contributed by atoms with Crippen LogP contribution < -0.4 is 5.32 Å². The van der Waals surface area contributed by atoms with Gasteiger partial charge in [-0.05, 0) is 50.6 Å². The van der Waals surface area contributed by atoms with Crippen LogP contribution in [0.2, 0.25) is 0 Å². The smallest absolute Gasteiger partial charge is 0.244 e. The summed E-state index contributed by atoms with van der Waals surface area (Å²) in [7, 11) is 4.09. The molecule has 2 aliphatic rings. The molecule has 1 unspecified atom stereocenters. The molecule has 1 aromatic carbocycles. The predicted molar refractivity (Wildman–Crippen MR) is 96.0 cm³/mol. The molecule has 1 aliphatic heterocycles. The minimum atomic E-state index is -0.170. The van der Waals surface area contributed by atoms with Crippen molar-refractivity contribution in [3.8, 4) is 0 Å². The molecule has 1 atom stereocenters. The first-order valence-corrected chi connectivity index (χ1v) is 8.98. The van der Waals surface area contributed by atoms with Gasteiger partial charge >= 0.3 is 0 Å². The number of hydrogen-bond donors (Lipinski definition) is 1. The molecule has 2 fully saturated rings. The molecule has 0 aromatic heterocycles. The van der Waals surface area contributed by atoms with Gasteiger partial charge in [-0.1, -0.05) is 18.6 Å². The summed E-state index contributed by atoms with van der Waals surface area (Å²) in [6, 6.07) is 7.92. The van der Waals surface area contributed by atoms with Gasteiger partial charge in [0.2, 0.25) is 5.91 Å². The molecule has 24 heavy (non-hydrogen) atoms. The van der Waals surface area contributed by atoms with Crippen LogP contribution in [0, 0.1) is 5.92 Å². The number of carbonyl (C=O) groups is 1. The molecule has 5 heteroatoms. The molecule has 1 saturated carbocycles. The van der Waals surface area contributed by atoms with Crippen molar-refractivity contribution in [2.45, 2.75) is 31.8 Å². The number of amides is 1. The van der Waals surface area contributed by atoms with Crippen molar-refractivity contribution in [2.75, 3.05) is 45.7 Å². The van der Waals surface area contributed by atoms with E-state index in [-0.39, 0.29) is 11.9 Å². The summed E-state index contributed by atoms with van der Waals surface area (Å²) in [4.78, 5) is 17.2. The van der Waals surface area contributed by atoms with E-state index < -0.39 is 0 Å². The molecular formula is C19H29N3O2. The van der Waals surface area contributed by atoms with Gasteiger partial charge in [-0.25, -0.2) is 0 Å². The highest BCUT2D eigenvalue weighted by atomic mass is 16.5. The van der Waals surface area contributed by atoms with Crippen molar-refractivity contribution in [2.24, 2.45) is 5.92 Å². The molecule has 132 valence electrons. The zero-order chi connectivity index (χ0) is 16.9. The number of anilines is 1. The standard InChI is InChI=1S/C19H29N3O2/c1-21(2)12-16-7-4-8-17(11-16)20-19(23)18-14-24-10-9-22(18)13-15-5-3-6-15/h4,7-8,11,15,18H,3,5-6,9-10,12-14H2,1-2H3,(H,20,23). The summed E-state index contributed by atoms with van der Waals surface area (Å²) in [5, 5.41) is 3.09. The Morgan fingerprint density at radius 2 is 2.21 bits per heavy atom. The molecule has 0 radical (unpaired) electrons. The van der Waals surface area contributed by atoms with Crippen LogP contribution in [0.4, 0.5) is 5.69 Å². The third-order valence-electron chi connectivity index (χ3n) is 4.95. The zero-order valence-electron chi connectivity index (χ0n) is 14.8. The maximum atomic E-state index is 12.8. The van der Waals surface area contributed by atoms with E-state index in [4.69, 9.17) is 4.74 Å². The first-order chi connectivity index (χ1) is 11.6. The molecular weight excluding hydrogens is 302 g/mol. The second kappa shape index (κ2) is 8.10. The minimum Gasteiger partial charge on any atom is -0.378 e. The lowest BCUT2D eigenvalue weighted by Crippen LogP contribution is -2.53. The van der Waals surface area contributed by atoms with E-state index in [9.17, 15) is 4.79 Å². The molecule has 0 spiro atoms. The highest BCUT2D eigenvalue weighted by Gasteiger charge is 2.32. The summed E-state index contributed by atoms with van der Waals surface area (Å²) < 4.78 is 5.57. The number of morpholine rings is 1. The van der Waals surface area contributed by atoms with E-state index in [2.05, 4.69) is 27.2 Å². The SMILES string of the molecule is CN(C)Cc1cccc(NC(=O)C2COCCN2CC2CCC2)c1. The summed E-state index contributed by atoms with van der Waals surface area (Å²) in [6.07, 6.45) is 3.95. The number of ether oxygens (including phenoxy) is 1. The van der Waals surface area contributed by atoms with Crippen molar-refractivity contribution >= 4 is 11.6 Å². The average Bonchev–Trinajstić information content (AvgIpc) is 2.51. The van der Waals surface area contributed by atoms with E-state index in [1.165, 1.54) is 24.8 Å². The van der Waals surface area contributed by atoms with Gasteiger partial charge in [-0.2, -0.15) is 0 Å². The van der Waals surface area contributed by atoms with Crippen LogP contribution in [0.25, 0.3) is 0 Å². The lowest BCUT2D eigenvalue weighted by Gasteiger charge is -2.39. The van der Waals surface area contributed by atoms with Crippen molar-refractivity contribution in [3.05, 3.63) is 29.8 Å². The summed E-state index contributed by atoms with van der Waals surface area (Å²) >= 11 is 0. The Bertz CT molecular complexity index is 557. The van der Waals surface area contributed by atoms with Crippen LogP contribution in [0.1, 0.15) is 24.8 Å². The highest BCUT2D eigenvalue weighted by Crippen LogP contribution is 2.28. The molecule has 0 bridgehead atoms. The number of nitrogens with one attached hydrogen (secondary N) is 1. The largest absolute Gasteiger partial charge is 0.378 e. The van der Waals surface area contributed by atoms with Gasteiger partial charge in [-0.15, -0.1) is 0 Å². The van der Waals surface area contributed by atoms with E-state index in [0.717, 1.165) is 37.8 Å². The summed E-state index contributed by atoms with van der Waals surface area (Å²) in [5.74, 6) is 0.817. The lowest BCUT2D eigenvalue weighted by atomic mass is 9.84. The Labute approximate surface area is 145 Å². The molecule has 5 nitrogen and oxygen atoms in total. The number of nitrogens with zero attached hydrogens (tertiary/aromatic N) is 2. The maximum Gasteiger partial charge on any atom is 0.244 e. The second-order valence-corrected chi connectivity index (χ2v) is 7.31. The Kier molecular flexibility index (Phi) is 5.87. The van der Waals surface area contributed by atoms with Crippen LogP contribution >= 0.6 is 0 Å². The molecule has 1 saturated heterocycles. The number of rotatable bonds is 6. The van der Waals surface area contributed by atoms with Crippen LogP contribution in [0.15, 0.2) is 24.3 Å². The first kappa shape index (κ1) is 17.4. The third-order valence-corrected chi connectivity index (χ3v) is 4.95. The fraction of sp³-hybridized carbons (Fsp3) is 0.632. The molecule has 1 heterocycles. The van der Waals surface area contributed by atoms with Crippen LogP contribution in [-0.2, 0) is 16.1 Å². The Hall–Kier alpha value is -1.43. The van der Waals surface area contributed by atoms with Gasteiger partial charge in [0, 0.05) is 25.3 Å². The van der Waals surface area contributed by atoms with Crippen LogP contribution in [0.5, 0.6) is 0 Å². The number of carbonyl (C=O) groups excluding carboxylic acids is 1. The van der Waals surface area contributed by atoms with Gasteiger partial charge in [0.25, 0.3) is 0 Å². The monoisotopic (exact) mass is 331 g/mol. The zero-order valence-corrected chi connectivity index (χ0v) is 14.8. The van der Waals surface area contributed by atoms with Crippen LogP contribution in [0.3, 0.4) is 0 Å². The Morgan fingerprint density at radius 3 is 2.92 bits per heavy atom. The topological polar surface area (TPSA) is 44.8 Å². The summed E-state index contributed by atoms with van der Waals surface area (Å²) in [5.41, 5.74) is 2.07. The maximum absolute atomic E-state index is 12.8. The molecule has 1 aromatic rings. The predicted octanol–water partition coefficient (Wildman–Crippen LogP) is 2.19. The molecule has 1 N–H and O–H groups in total. The van der Waals surface area contributed by atoms with Crippen molar-refractivity contribution in [1.29, 1.82) is 0 Å². The Morgan fingerprint density at radius 1 is 1.38 bits per heavy atom. The molecule has 1 amide bonds. The minimum absolute atomic E-state index is 0.0519. The quantitative estimate of drug-likeness (QED) is 0.868. The van der Waals surface area contributed by atoms with E-state index in [1.54, 1.807) is 0 Å². The van der Waals surface area contributed by atoms with Crippen molar-refractivity contribution < 1.29 is 9.53 Å². The second-order valence-electron chi connectivity index (χ2n) is 7.31.